The summed E-state index contributed by atoms with van der Waals surface area (Å²) < 4.78 is 12.8. The van der Waals surface area contributed by atoms with Crippen LogP contribution >= 0.6 is 7.26 Å². The zero-order chi connectivity index (χ0) is 22.4. The Balaban J connectivity index is 2.54. The van der Waals surface area contributed by atoms with Gasteiger partial charge in [-0.1, -0.05) is 0 Å². The van der Waals surface area contributed by atoms with E-state index in [1.54, 1.807) is 0 Å². The first-order valence-corrected chi connectivity index (χ1v) is 14.6. The Labute approximate surface area is 192 Å². The number of hydrogen-bond acceptors (Lipinski definition) is 2. The van der Waals surface area contributed by atoms with E-state index in [1.165, 1.54) is 62.0 Å². The van der Waals surface area contributed by atoms with Gasteiger partial charge >= 0.3 is 192 Å². The molecule has 3 heteroatoms. The minimum absolute atomic E-state index is 0.199. The Morgan fingerprint density at radius 2 is 0.968 bits per heavy atom. The van der Waals surface area contributed by atoms with E-state index in [1.807, 2.05) is 14.2 Å². The van der Waals surface area contributed by atoms with Gasteiger partial charge in [-0.15, -0.1) is 0 Å². The van der Waals surface area contributed by atoms with Crippen molar-refractivity contribution in [2.75, 3.05) is 14.2 Å². The molecule has 0 radical (unpaired) electrons. The molecule has 31 heavy (non-hydrogen) atoms. The van der Waals surface area contributed by atoms with Crippen LogP contribution in [0.25, 0.3) is 0 Å². The molecule has 0 amide bonds. The maximum atomic E-state index is 6.40. The third-order valence-electron chi connectivity index (χ3n) is 6.73. The summed E-state index contributed by atoms with van der Waals surface area (Å²) in [4.78, 5) is 0. The SMILES string of the molecule is CCCCCCC(OC)[PH](c1ccccc1)(c1ccccc1)C(CCCCCC)OC. The van der Waals surface area contributed by atoms with Crippen molar-refractivity contribution in [1.29, 1.82) is 0 Å². The first-order valence-electron chi connectivity index (χ1n) is 12.4. The molecule has 0 saturated heterocycles. The quantitative estimate of drug-likeness (QED) is 0.200. The molecule has 0 aliphatic rings. The fraction of sp³-hybridized carbons (Fsp3) is 0.571. The summed E-state index contributed by atoms with van der Waals surface area (Å²) in [5.74, 6) is 0.399. The van der Waals surface area contributed by atoms with E-state index in [0.29, 0.717) is 0 Å². The first-order chi connectivity index (χ1) is 15.2. The second-order valence-electron chi connectivity index (χ2n) is 8.75. The minimum atomic E-state index is -2.37. The molecule has 174 valence electrons. The Morgan fingerprint density at radius 1 is 0.581 bits per heavy atom. The van der Waals surface area contributed by atoms with Gasteiger partial charge in [-0.05, 0) is 0 Å². The Morgan fingerprint density at radius 3 is 1.29 bits per heavy atom. The van der Waals surface area contributed by atoms with Gasteiger partial charge in [0.2, 0.25) is 0 Å². The normalized spacial score (nSPS) is 14.3. The Hall–Kier alpha value is -1.21. The van der Waals surface area contributed by atoms with Crippen LogP contribution in [-0.4, -0.2) is 25.9 Å². The summed E-state index contributed by atoms with van der Waals surface area (Å²) in [7, 11) is 1.47. The predicted molar refractivity (Wildman–Crippen MR) is 140 cm³/mol. The third-order valence-corrected chi connectivity index (χ3v) is 12.4. The van der Waals surface area contributed by atoms with Gasteiger partial charge in [0.1, 0.15) is 0 Å². The monoisotopic (exact) mass is 444 g/mol. The molecule has 0 saturated carbocycles. The van der Waals surface area contributed by atoms with Gasteiger partial charge in [-0.3, -0.25) is 0 Å². The molecule has 0 heterocycles. The number of benzene rings is 2. The topological polar surface area (TPSA) is 18.5 Å². The van der Waals surface area contributed by atoms with Crippen LogP contribution in [0.4, 0.5) is 0 Å². The second-order valence-corrected chi connectivity index (χ2v) is 12.9. The first kappa shape index (κ1) is 26.0. The van der Waals surface area contributed by atoms with Crippen molar-refractivity contribution in [1.82, 2.24) is 0 Å². The van der Waals surface area contributed by atoms with Crippen molar-refractivity contribution in [2.45, 2.75) is 89.7 Å². The maximum absolute atomic E-state index is 6.40. The summed E-state index contributed by atoms with van der Waals surface area (Å²) in [5.41, 5.74) is 0. The second kappa shape index (κ2) is 14.8. The average Bonchev–Trinajstić information content (AvgIpc) is 2.83. The summed E-state index contributed by atoms with van der Waals surface area (Å²) in [6.07, 6.45) is 12.3. The van der Waals surface area contributed by atoms with Crippen molar-refractivity contribution >= 4 is 17.9 Å². The van der Waals surface area contributed by atoms with E-state index in [9.17, 15) is 0 Å². The molecule has 0 N–H and O–H groups in total. The number of unbranched alkanes of at least 4 members (excludes halogenated alkanes) is 6. The molecule has 2 nitrogen and oxygen atoms in total. The fourth-order valence-electron chi connectivity index (χ4n) is 5.12. The molecule has 0 aromatic heterocycles. The van der Waals surface area contributed by atoms with E-state index < -0.39 is 7.26 Å². The molecule has 0 bridgehead atoms. The van der Waals surface area contributed by atoms with Gasteiger partial charge < -0.3 is 0 Å². The van der Waals surface area contributed by atoms with Crippen molar-refractivity contribution in [3.8, 4) is 0 Å². The van der Waals surface area contributed by atoms with Crippen LogP contribution < -0.4 is 10.6 Å². The molecule has 2 aromatic carbocycles. The summed E-state index contributed by atoms with van der Waals surface area (Å²) in [6, 6.07) is 22.3. The standard InChI is InChI=1S/C28H45O2P/c1-5-7-9-17-23-27(29-3)31(25-19-13-11-14-20-25,26-21-15-12-16-22-26)28(30-4)24-18-10-8-6-2/h11-16,19-22,27-28,31H,5-10,17-18,23-24H2,1-4H3. The molecule has 0 aliphatic carbocycles. The molecule has 0 aliphatic heterocycles. The van der Waals surface area contributed by atoms with Crippen LogP contribution in [0.2, 0.25) is 0 Å². The molecule has 0 spiro atoms. The van der Waals surface area contributed by atoms with Crippen LogP contribution in [0.3, 0.4) is 0 Å². The number of rotatable bonds is 16. The van der Waals surface area contributed by atoms with Crippen molar-refractivity contribution < 1.29 is 9.47 Å². The van der Waals surface area contributed by atoms with Crippen molar-refractivity contribution in [3.63, 3.8) is 0 Å². The van der Waals surface area contributed by atoms with Crippen LogP contribution in [0.1, 0.15) is 78.1 Å². The zero-order valence-corrected chi connectivity index (χ0v) is 21.3. The Bertz CT molecular complexity index is 627. The molecule has 2 aromatic rings. The van der Waals surface area contributed by atoms with Crippen LogP contribution in [-0.2, 0) is 9.47 Å². The zero-order valence-electron chi connectivity index (χ0n) is 20.3. The van der Waals surface area contributed by atoms with Crippen LogP contribution in [0.5, 0.6) is 0 Å². The van der Waals surface area contributed by atoms with E-state index >= 15 is 0 Å². The average molecular weight is 445 g/mol. The number of methoxy groups -OCH3 is 2. The Kier molecular flexibility index (Phi) is 12.4. The summed E-state index contributed by atoms with van der Waals surface area (Å²) in [5, 5.41) is 2.87. The van der Waals surface area contributed by atoms with Crippen molar-refractivity contribution in [2.24, 2.45) is 0 Å². The molecular weight excluding hydrogens is 399 g/mol. The van der Waals surface area contributed by atoms with Gasteiger partial charge in [-0.2, -0.15) is 0 Å². The van der Waals surface area contributed by atoms with Gasteiger partial charge in [0, 0.05) is 0 Å². The molecule has 2 rings (SSSR count). The van der Waals surface area contributed by atoms with E-state index in [-0.39, 0.29) is 11.7 Å². The van der Waals surface area contributed by atoms with Crippen LogP contribution in [0, 0.1) is 0 Å². The van der Waals surface area contributed by atoms with Gasteiger partial charge in [0.05, 0.1) is 0 Å². The van der Waals surface area contributed by atoms with E-state index in [0.717, 1.165) is 12.8 Å². The number of hydrogen-bond donors (Lipinski definition) is 0. The molecule has 2 unspecified atom stereocenters. The molecule has 0 fully saturated rings. The van der Waals surface area contributed by atoms with Gasteiger partial charge in [0.25, 0.3) is 0 Å². The summed E-state index contributed by atoms with van der Waals surface area (Å²) in [6.45, 7) is 4.55. The fourth-order valence-corrected chi connectivity index (χ4v) is 10.9. The summed E-state index contributed by atoms with van der Waals surface area (Å²) >= 11 is 0. The van der Waals surface area contributed by atoms with E-state index in [2.05, 4.69) is 74.5 Å². The molecule has 2 atom stereocenters. The number of ether oxygens (including phenoxy) is 2. The van der Waals surface area contributed by atoms with Gasteiger partial charge in [-0.25, -0.2) is 0 Å². The molecular formula is C28H45O2P. The van der Waals surface area contributed by atoms with Gasteiger partial charge in [0.15, 0.2) is 0 Å². The van der Waals surface area contributed by atoms with Crippen LogP contribution in [0.15, 0.2) is 60.7 Å². The predicted octanol–water partition coefficient (Wildman–Crippen LogP) is 7.27. The van der Waals surface area contributed by atoms with E-state index in [4.69, 9.17) is 9.47 Å². The third kappa shape index (κ3) is 6.88. The van der Waals surface area contributed by atoms with Crippen molar-refractivity contribution in [3.05, 3.63) is 60.7 Å².